The van der Waals surface area contributed by atoms with Crippen molar-refractivity contribution in [3.63, 3.8) is 0 Å². The topological polar surface area (TPSA) is 204 Å². The monoisotopic (exact) mass is 892 g/mol. The molecule has 352 valence electrons. The Kier molecular flexibility index (Phi) is 25.4. The largest absolute Gasteiger partial charge is 0.859 e. The number of carbonyl (C=O) groups excluding carboxylic acids is 4. The Morgan fingerprint density at radius 3 is 0.922 bits per heavy atom. The summed E-state index contributed by atoms with van der Waals surface area (Å²) in [6.45, 7) is 31.0. The van der Waals surface area contributed by atoms with Crippen molar-refractivity contribution in [1.29, 1.82) is 0 Å². The van der Waals surface area contributed by atoms with Crippen molar-refractivity contribution >= 4 is 23.9 Å². The summed E-state index contributed by atoms with van der Waals surface area (Å²) in [4.78, 5) is 77.1. The van der Waals surface area contributed by atoms with Crippen molar-refractivity contribution in [3.05, 3.63) is 115 Å². The van der Waals surface area contributed by atoms with Crippen LogP contribution in [-0.4, -0.2) is 98.7 Å². The molecule has 0 fully saturated rings. The third-order valence-corrected chi connectivity index (χ3v) is 10.0. The second kappa shape index (κ2) is 29.2. The molecule has 4 aromatic rings. The first-order valence-corrected chi connectivity index (χ1v) is 21.9. The van der Waals surface area contributed by atoms with Crippen LogP contribution in [0.5, 0.6) is 11.8 Å². The number of para-hydroxylation sites is 2. The average molecular weight is 893 g/mol. The van der Waals surface area contributed by atoms with Crippen LogP contribution in [0.3, 0.4) is 0 Å². The maximum atomic E-state index is 12.7. The molecule has 2 N–H and O–H groups in total. The van der Waals surface area contributed by atoms with Crippen LogP contribution in [0.15, 0.2) is 70.3 Å². The summed E-state index contributed by atoms with van der Waals surface area (Å²) in [5.41, 5.74) is -1.42. The van der Waals surface area contributed by atoms with Gasteiger partial charge in [-0.2, -0.15) is 0 Å². The lowest BCUT2D eigenvalue weighted by molar-refractivity contribution is -0.894. The second-order valence-electron chi connectivity index (χ2n) is 13.9. The van der Waals surface area contributed by atoms with Gasteiger partial charge in [0.1, 0.15) is 11.1 Å². The molecule has 2 aromatic heterocycles. The minimum atomic E-state index is -0.902. The third-order valence-electron chi connectivity index (χ3n) is 10.0. The number of aromatic nitrogens is 2. The molecule has 2 heterocycles. The van der Waals surface area contributed by atoms with E-state index in [2.05, 4.69) is 41.5 Å². The minimum Gasteiger partial charge on any atom is -0.859 e. The molecule has 0 aliphatic rings. The molecule has 4 rings (SSSR count). The summed E-state index contributed by atoms with van der Waals surface area (Å²) in [6.07, 6.45) is 0. The van der Waals surface area contributed by atoms with E-state index in [0.29, 0.717) is 11.1 Å². The molecule has 0 bridgehead atoms. The number of quaternary nitrogens is 2. The van der Waals surface area contributed by atoms with Crippen LogP contribution >= 0.6 is 0 Å². The van der Waals surface area contributed by atoms with E-state index in [0.717, 1.165) is 21.3 Å². The zero-order valence-electron chi connectivity index (χ0n) is 39.6. The molecule has 16 nitrogen and oxygen atoms in total. The number of hydrogen-bond acceptors (Lipinski definition) is 12. The van der Waals surface area contributed by atoms with E-state index in [4.69, 9.17) is 18.9 Å². The summed E-state index contributed by atoms with van der Waals surface area (Å²) in [5.74, 6) is -5.29. The fourth-order valence-electron chi connectivity index (χ4n) is 6.19. The highest BCUT2D eigenvalue weighted by Gasteiger charge is 2.23. The van der Waals surface area contributed by atoms with Crippen LogP contribution in [0, 0.1) is 13.8 Å². The molecular formula is C48H68N4O12. The molecule has 0 aliphatic heterocycles. The number of nitrogens with one attached hydrogen (secondary N) is 2. The van der Waals surface area contributed by atoms with Crippen molar-refractivity contribution in [2.75, 3.05) is 65.7 Å². The number of aryl methyl sites for hydroxylation is 2. The van der Waals surface area contributed by atoms with Gasteiger partial charge in [0.15, 0.2) is 0 Å². The first-order valence-electron chi connectivity index (χ1n) is 21.9. The Hall–Kier alpha value is -6.26. The standard InChI is InChI=1S/2C18H19NO6.2C6H15N/c2*1-4-24-17(22)12-10-13(18(23)25-5-2)16(21)19(15(12)20)14-9-7-6-8-11(14)3;2*1-4-7(5-2)6-3/h2*6-10,20H,4-5H2,1-3H3;2*4-6H2,1-3H3. The zero-order valence-corrected chi connectivity index (χ0v) is 39.6. The molecule has 16 heteroatoms. The molecule has 0 amide bonds. The van der Waals surface area contributed by atoms with Gasteiger partial charge in [-0.3, -0.25) is 18.7 Å². The van der Waals surface area contributed by atoms with E-state index in [1.165, 1.54) is 39.3 Å². The van der Waals surface area contributed by atoms with Gasteiger partial charge >= 0.3 is 23.9 Å². The van der Waals surface area contributed by atoms with Gasteiger partial charge in [-0.25, -0.2) is 19.2 Å². The van der Waals surface area contributed by atoms with Crippen LogP contribution in [0.2, 0.25) is 0 Å². The van der Waals surface area contributed by atoms with Gasteiger partial charge in [-0.1, -0.05) is 36.4 Å². The quantitative estimate of drug-likeness (QED) is 0.123. The molecule has 0 spiro atoms. The summed E-state index contributed by atoms with van der Waals surface area (Å²) in [6, 6.07) is 15.2. The molecular weight excluding hydrogens is 825 g/mol. The van der Waals surface area contributed by atoms with Gasteiger partial charge in [-0.15, -0.1) is 0 Å². The third kappa shape index (κ3) is 15.5. The zero-order chi connectivity index (χ0) is 48.5. The van der Waals surface area contributed by atoms with Gasteiger partial charge in [0, 0.05) is 0 Å². The molecule has 0 saturated heterocycles. The number of benzene rings is 2. The molecule has 64 heavy (non-hydrogen) atoms. The number of pyridine rings is 2. The Bertz CT molecular complexity index is 2070. The van der Waals surface area contributed by atoms with E-state index < -0.39 is 69.0 Å². The van der Waals surface area contributed by atoms with Gasteiger partial charge in [0.25, 0.3) is 11.1 Å². The normalized spacial score (nSPS) is 10.3. The summed E-state index contributed by atoms with van der Waals surface area (Å²) >= 11 is 0. The van der Waals surface area contributed by atoms with Crippen LogP contribution < -0.4 is 31.1 Å². The maximum absolute atomic E-state index is 12.7. The van der Waals surface area contributed by atoms with Crippen LogP contribution in [0.4, 0.5) is 0 Å². The first kappa shape index (κ1) is 55.8. The smallest absolute Gasteiger partial charge is 0.343 e. The summed E-state index contributed by atoms with van der Waals surface area (Å²) in [5, 5.41) is 25.4. The van der Waals surface area contributed by atoms with Gasteiger partial charge in [0.2, 0.25) is 0 Å². The lowest BCUT2D eigenvalue weighted by atomic mass is 10.1. The fourth-order valence-corrected chi connectivity index (χ4v) is 6.19. The number of ether oxygens (including phenoxy) is 4. The predicted octanol–water partition coefficient (Wildman–Crippen LogP) is 3.01. The van der Waals surface area contributed by atoms with Crippen LogP contribution in [0.25, 0.3) is 11.4 Å². The van der Waals surface area contributed by atoms with E-state index >= 15 is 0 Å². The first-order chi connectivity index (χ1) is 30.5. The number of carbonyl (C=O) groups is 4. The molecule has 2 aromatic carbocycles. The van der Waals surface area contributed by atoms with Gasteiger partial charge in [0.05, 0.1) is 88.2 Å². The summed E-state index contributed by atoms with van der Waals surface area (Å²) in [7, 11) is 0. The van der Waals surface area contributed by atoms with Crippen LogP contribution in [0.1, 0.15) is 122 Å². The highest BCUT2D eigenvalue weighted by atomic mass is 16.5. The second-order valence-corrected chi connectivity index (χ2v) is 13.9. The lowest BCUT2D eigenvalue weighted by Crippen LogP contribution is -3.11. The fraction of sp³-hybridized carbons (Fsp3) is 0.458. The molecule has 0 atom stereocenters. The van der Waals surface area contributed by atoms with E-state index in [1.54, 1.807) is 99.9 Å². The number of rotatable bonds is 16. The van der Waals surface area contributed by atoms with Crippen molar-refractivity contribution < 1.29 is 58.1 Å². The molecule has 0 radical (unpaired) electrons. The minimum absolute atomic E-state index is 0.0521. The van der Waals surface area contributed by atoms with Gasteiger partial charge in [-0.05, 0) is 130 Å². The maximum Gasteiger partial charge on any atom is 0.343 e. The van der Waals surface area contributed by atoms with Crippen molar-refractivity contribution in [1.82, 2.24) is 9.13 Å². The lowest BCUT2D eigenvalue weighted by Gasteiger charge is -2.22. The van der Waals surface area contributed by atoms with Crippen molar-refractivity contribution in [2.45, 2.75) is 83.1 Å². The number of nitrogens with zero attached hydrogens (tertiary/aromatic N) is 2. The molecule has 0 aliphatic carbocycles. The summed E-state index contributed by atoms with van der Waals surface area (Å²) < 4.78 is 21.0. The van der Waals surface area contributed by atoms with Crippen LogP contribution in [-0.2, 0) is 18.9 Å². The number of esters is 4. The molecule has 0 unspecified atom stereocenters. The highest BCUT2D eigenvalue weighted by molar-refractivity contribution is 5.97. The Balaban J connectivity index is 0.000000494. The van der Waals surface area contributed by atoms with E-state index in [1.807, 2.05) is 0 Å². The Morgan fingerprint density at radius 2 is 0.703 bits per heavy atom. The van der Waals surface area contributed by atoms with Crippen molar-refractivity contribution in [2.24, 2.45) is 0 Å². The van der Waals surface area contributed by atoms with E-state index in [-0.39, 0.29) is 37.8 Å². The Labute approximate surface area is 376 Å². The van der Waals surface area contributed by atoms with Gasteiger partial charge < -0.3 is 39.0 Å². The predicted molar refractivity (Wildman–Crippen MR) is 241 cm³/mol. The average Bonchev–Trinajstić information content (AvgIpc) is 3.27. The van der Waals surface area contributed by atoms with Crippen molar-refractivity contribution in [3.8, 4) is 23.1 Å². The Morgan fingerprint density at radius 1 is 0.453 bits per heavy atom. The van der Waals surface area contributed by atoms with E-state index in [9.17, 15) is 39.0 Å². The number of hydrogen-bond donors (Lipinski definition) is 2. The SMILES string of the molecule is CCOC(=O)c1cc(C(=O)OCC)c(=O)n(-c2ccccc2C)c1[O-].CCOC(=O)c1cc(C(=O)OCC)c(=O)n(-c2ccccc2C)c1[O-].CC[NH+](CC)CC.CC[NH+](CC)CC. The molecule has 0 saturated carbocycles. The highest BCUT2D eigenvalue weighted by Crippen LogP contribution is 2.23.